The van der Waals surface area contributed by atoms with Crippen molar-refractivity contribution in [2.45, 2.75) is 69.9 Å². The number of methoxy groups -OCH3 is 1. The second-order valence-corrected chi connectivity index (χ2v) is 9.48. The molecule has 3 aliphatic rings. The van der Waals surface area contributed by atoms with Crippen molar-refractivity contribution in [3.8, 4) is 11.5 Å². The van der Waals surface area contributed by atoms with E-state index in [1.54, 1.807) is 0 Å². The van der Waals surface area contributed by atoms with E-state index in [1.165, 1.54) is 7.11 Å². The molecule has 5 rings (SSSR count). The lowest BCUT2D eigenvalue weighted by molar-refractivity contribution is -0.145. The first-order chi connectivity index (χ1) is 17.0. The smallest absolute Gasteiger partial charge is 0.328 e. The minimum absolute atomic E-state index is 0.0564. The maximum atomic E-state index is 13.4. The summed E-state index contributed by atoms with van der Waals surface area (Å²) in [5, 5.41) is 5.87. The van der Waals surface area contributed by atoms with Gasteiger partial charge in [0.2, 0.25) is 11.8 Å². The highest BCUT2D eigenvalue weighted by Gasteiger charge is 2.33. The quantitative estimate of drug-likeness (QED) is 0.635. The van der Waals surface area contributed by atoms with Crippen molar-refractivity contribution in [2.75, 3.05) is 7.11 Å². The van der Waals surface area contributed by atoms with Crippen LogP contribution in [-0.4, -0.2) is 37.0 Å². The Kier molecular flexibility index (Phi) is 8.40. The number of esters is 1. The molecule has 2 aromatic carbocycles. The summed E-state index contributed by atoms with van der Waals surface area (Å²) in [6, 6.07) is 13.8. The summed E-state index contributed by atoms with van der Waals surface area (Å²) in [5.74, 6) is 0.420. The molecule has 2 aliphatic heterocycles. The van der Waals surface area contributed by atoms with Gasteiger partial charge in [-0.2, -0.15) is 0 Å². The Balaban J connectivity index is 1.63. The minimum atomic E-state index is -0.871. The van der Waals surface area contributed by atoms with Crippen LogP contribution >= 0.6 is 0 Å². The third kappa shape index (κ3) is 6.84. The number of aryl methyl sites for hydroxylation is 1. The number of amides is 2. The van der Waals surface area contributed by atoms with Gasteiger partial charge < -0.3 is 20.1 Å². The van der Waals surface area contributed by atoms with E-state index < -0.39 is 18.1 Å². The van der Waals surface area contributed by atoms with E-state index in [0.717, 1.165) is 49.7 Å². The van der Waals surface area contributed by atoms with Gasteiger partial charge in [-0.1, -0.05) is 43.5 Å². The van der Waals surface area contributed by atoms with Crippen LogP contribution in [0.15, 0.2) is 48.5 Å². The lowest BCUT2D eigenvalue weighted by atomic mass is 9.83. The number of hydrogen-bond donors (Lipinski definition) is 2. The first-order valence-electron chi connectivity index (χ1n) is 12.5. The predicted octanol–water partition coefficient (Wildman–Crippen LogP) is 4.08. The van der Waals surface area contributed by atoms with Crippen LogP contribution in [0.2, 0.25) is 0 Å². The Hall–Kier alpha value is -3.35. The molecule has 4 bridgehead atoms. The summed E-state index contributed by atoms with van der Waals surface area (Å²) < 4.78 is 11.0. The Morgan fingerprint density at radius 1 is 0.886 bits per heavy atom. The second-order valence-electron chi connectivity index (χ2n) is 9.48. The molecule has 0 saturated heterocycles. The molecule has 0 spiro atoms. The predicted molar refractivity (Wildman–Crippen MR) is 132 cm³/mol. The molecule has 2 heterocycles. The molecule has 1 fully saturated rings. The van der Waals surface area contributed by atoms with Gasteiger partial charge in [0, 0.05) is 12.8 Å². The van der Waals surface area contributed by atoms with Gasteiger partial charge in [0.15, 0.2) is 0 Å². The number of rotatable bonds is 2. The molecule has 2 atom stereocenters. The van der Waals surface area contributed by atoms with E-state index in [1.807, 2.05) is 48.5 Å². The average molecular weight is 479 g/mol. The lowest BCUT2D eigenvalue weighted by Gasteiger charge is -2.31. The molecular formula is C28H34N2O5. The van der Waals surface area contributed by atoms with E-state index in [-0.39, 0.29) is 24.2 Å². The van der Waals surface area contributed by atoms with E-state index in [2.05, 4.69) is 10.6 Å². The fourth-order valence-electron chi connectivity index (χ4n) is 4.99. The third-order valence-electron chi connectivity index (χ3n) is 6.89. The molecule has 7 nitrogen and oxygen atoms in total. The van der Waals surface area contributed by atoms with Gasteiger partial charge in [-0.05, 0) is 67.0 Å². The first-order valence-corrected chi connectivity index (χ1v) is 12.5. The molecule has 7 heteroatoms. The van der Waals surface area contributed by atoms with Gasteiger partial charge in [0.25, 0.3) is 0 Å². The fourth-order valence-corrected chi connectivity index (χ4v) is 4.99. The molecule has 1 saturated carbocycles. The highest BCUT2D eigenvalue weighted by Crippen LogP contribution is 2.28. The van der Waals surface area contributed by atoms with Crippen molar-refractivity contribution in [1.29, 1.82) is 0 Å². The van der Waals surface area contributed by atoms with E-state index in [0.29, 0.717) is 24.3 Å². The third-order valence-corrected chi connectivity index (χ3v) is 6.89. The van der Waals surface area contributed by atoms with Crippen molar-refractivity contribution in [1.82, 2.24) is 10.6 Å². The number of carbonyl (C=O) groups excluding carboxylic acids is 3. The standard InChI is InChI=1S/C28H34N2O5/c1-34-28(33)24-18-20-8-5-11-23(17-20)35-22-15-13-19(14-16-22)7-6-12-25(31)30-26(27(32)29-24)21-9-3-2-4-10-21/h5,8,11,13-17,21,24,26H,2-4,6-7,9-10,12,18H2,1H3,(H,29,32)(H,30,31). The summed E-state index contributed by atoms with van der Waals surface area (Å²) in [4.78, 5) is 38.8. The van der Waals surface area contributed by atoms with Gasteiger partial charge in [-0.25, -0.2) is 4.79 Å². The normalized spacial score (nSPS) is 22.2. The molecule has 1 aliphatic carbocycles. The van der Waals surface area contributed by atoms with Crippen molar-refractivity contribution in [3.05, 3.63) is 59.7 Å². The number of hydrogen-bond acceptors (Lipinski definition) is 5. The van der Waals surface area contributed by atoms with E-state index >= 15 is 0 Å². The van der Waals surface area contributed by atoms with Crippen LogP contribution in [0.1, 0.15) is 56.1 Å². The fraction of sp³-hybridized carbons (Fsp3) is 0.464. The zero-order valence-corrected chi connectivity index (χ0v) is 20.3. The summed E-state index contributed by atoms with van der Waals surface area (Å²) in [6.45, 7) is 0. The molecule has 186 valence electrons. The van der Waals surface area contributed by atoms with Crippen LogP contribution in [0.3, 0.4) is 0 Å². The van der Waals surface area contributed by atoms with Gasteiger partial charge >= 0.3 is 5.97 Å². The van der Waals surface area contributed by atoms with Gasteiger partial charge in [0.1, 0.15) is 23.6 Å². The topological polar surface area (TPSA) is 93.7 Å². The highest BCUT2D eigenvalue weighted by atomic mass is 16.5. The maximum absolute atomic E-state index is 13.4. The Morgan fingerprint density at radius 2 is 1.66 bits per heavy atom. The molecule has 2 N–H and O–H groups in total. The largest absolute Gasteiger partial charge is 0.467 e. The molecule has 0 aromatic heterocycles. The van der Waals surface area contributed by atoms with Crippen molar-refractivity contribution < 1.29 is 23.9 Å². The Bertz CT molecular complexity index is 1030. The van der Waals surface area contributed by atoms with Crippen LogP contribution in [0.5, 0.6) is 11.5 Å². The Labute approximate surface area is 206 Å². The molecule has 2 aromatic rings. The summed E-state index contributed by atoms with van der Waals surface area (Å²) in [5.41, 5.74) is 1.96. The number of benzene rings is 2. The SMILES string of the molecule is COC(=O)C1Cc2cccc(c2)Oc2ccc(cc2)CCCC(=O)NC(C2CCCCC2)C(=O)N1. The number of ether oxygens (including phenoxy) is 2. The van der Waals surface area contributed by atoms with Crippen LogP contribution in [0, 0.1) is 5.92 Å². The highest BCUT2D eigenvalue weighted by molar-refractivity contribution is 5.91. The van der Waals surface area contributed by atoms with Crippen LogP contribution < -0.4 is 15.4 Å². The van der Waals surface area contributed by atoms with E-state index in [4.69, 9.17) is 9.47 Å². The summed E-state index contributed by atoms with van der Waals surface area (Å²) in [7, 11) is 1.31. The summed E-state index contributed by atoms with van der Waals surface area (Å²) in [6.07, 6.45) is 6.99. The lowest BCUT2D eigenvalue weighted by Crippen LogP contribution is -2.55. The molecule has 2 unspecified atom stereocenters. The monoisotopic (exact) mass is 478 g/mol. The first kappa shape index (κ1) is 24.8. The maximum Gasteiger partial charge on any atom is 0.328 e. The van der Waals surface area contributed by atoms with Crippen LogP contribution in [0.25, 0.3) is 0 Å². The van der Waals surface area contributed by atoms with Crippen LogP contribution in [0.4, 0.5) is 0 Å². The van der Waals surface area contributed by atoms with Crippen LogP contribution in [-0.2, 0) is 32.0 Å². The van der Waals surface area contributed by atoms with Crippen molar-refractivity contribution >= 4 is 17.8 Å². The van der Waals surface area contributed by atoms with E-state index in [9.17, 15) is 14.4 Å². The molecule has 2 amide bonds. The second kappa shape index (κ2) is 11.9. The number of carbonyl (C=O) groups is 3. The van der Waals surface area contributed by atoms with Crippen molar-refractivity contribution in [2.24, 2.45) is 5.92 Å². The minimum Gasteiger partial charge on any atom is -0.467 e. The Morgan fingerprint density at radius 3 is 2.40 bits per heavy atom. The molecular weight excluding hydrogens is 444 g/mol. The van der Waals surface area contributed by atoms with Gasteiger partial charge in [0.05, 0.1) is 7.11 Å². The average Bonchev–Trinajstić information content (AvgIpc) is 2.87. The summed E-state index contributed by atoms with van der Waals surface area (Å²) >= 11 is 0. The van der Waals surface area contributed by atoms with Gasteiger partial charge in [-0.3, -0.25) is 9.59 Å². The molecule has 35 heavy (non-hydrogen) atoms. The number of fused-ring (bicyclic) bond motifs is 11. The van der Waals surface area contributed by atoms with Crippen molar-refractivity contribution in [3.63, 3.8) is 0 Å². The van der Waals surface area contributed by atoms with Gasteiger partial charge in [-0.15, -0.1) is 0 Å². The zero-order chi connectivity index (χ0) is 24.6. The zero-order valence-electron chi connectivity index (χ0n) is 20.3. The number of nitrogens with one attached hydrogen (secondary N) is 2. The molecule has 0 radical (unpaired) electrons.